The summed E-state index contributed by atoms with van der Waals surface area (Å²) in [5, 5.41) is 5.18. The minimum Gasteiger partial charge on any atom is -0.452 e. The summed E-state index contributed by atoms with van der Waals surface area (Å²) in [7, 11) is -1.58. The van der Waals surface area contributed by atoms with Gasteiger partial charge in [-0.2, -0.15) is 5.10 Å². The Hall–Kier alpha value is -2.65. The van der Waals surface area contributed by atoms with Crippen molar-refractivity contribution in [2.75, 3.05) is 25.2 Å². The highest BCUT2D eigenvalue weighted by Gasteiger charge is 2.32. The number of carbonyl (C=O) groups excluding carboxylic acids is 2. The Morgan fingerprint density at radius 1 is 1.31 bits per heavy atom. The Balaban J connectivity index is 1.58. The second-order valence-electron chi connectivity index (χ2n) is 7.84. The van der Waals surface area contributed by atoms with E-state index in [-0.39, 0.29) is 17.5 Å². The molecule has 0 spiro atoms. The molecule has 0 aliphatic carbocycles. The molecule has 1 aromatic heterocycles. The monoisotopic (exact) mass is 479 g/mol. The number of aromatic nitrogens is 2. The average Bonchev–Trinajstić information content (AvgIpc) is 3.24. The van der Waals surface area contributed by atoms with Crippen molar-refractivity contribution in [1.29, 1.82) is 0 Å². The first-order chi connectivity index (χ1) is 15.1. The zero-order valence-electron chi connectivity index (χ0n) is 18.2. The third kappa shape index (κ3) is 5.77. The van der Waals surface area contributed by atoms with Crippen LogP contribution in [0.4, 0.5) is 0 Å². The van der Waals surface area contributed by atoms with Crippen molar-refractivity contribution in [1.82, 2.24) is 14.7 Å². The van der Waals surface area contributed by atoms with Crippen molar-refractivity contribution in [2.24, 2.45) is 0 Å². The molecule has 1 fully saturated rings. The number of hydrogen-bond donors (Lipinski definition) is 0. The molecule has 1 atom stereocenters. The summed E-state index contributed by atoms with van der Waals surface area (Å²) in [6, 6.07) is 7.15. The fraction of sp³-hybridized carbons (Fsp3) is 0.409. The number of sulfone groups is 1. The predicted molar refractivity (Wildman–Crippen MR) is 122 cm³/mol. The number of hydrogen-bond acceptors (Lipinski definition) is 6. The van der Waals surface area contributed by atoms with Crippen LogP contribution < -0.4 is 0 Å². The van der Waals surface area contributed by atoms with E-state index in [9.17, 15) is 18.0 Å². The summed E-state index contributed by atoms with van der Waals surface area (Å²) in [4.78, 5) is 25.7. The van der Waals surface area contributed by atoms with Gasteiger partial charge < -0.3 is 9.64 Å². The van der Waals surface area contributed by atoms with E-state index in [4.69, 9.17) is 16.3 Å². The van der Waals surface area contributed by atoms with Gasteiger partial charge in [0.25, 0.3) is 5.91 Å². The first kappa shape index (κ1) is 24.0. The SMILES string of the molecule is Cc1nn(Cc2ccccc2Cl)c(C)c1/C=C/C(=O)OCC(=O)N(C)C1CCS(=O)(=O)C1. The van der Waals surface area contributed by atoms with E-state index >= 15 is 0 Å². The Bertz CT molecular complexity index is 1160. The molecule has 1 saturated heterocycles. The second-order valence-corrected chi connectivity index (χ2v) is 10.5. The molecule has 1 amide bonds. The number of carbonyl (C=O) groups is 2. The molecular weight excluding hydrogens is 454 g/mol. The molecule has 8 nitrogen and oxygen atoms in total. The van der Waals surface area contributed by atoms with Gasteiger partial charge in [-0.15, -0.1) is 0 Å². The summed E-state index contributed by atoms with van der Waals surface area (Å²) >= 11 is 6.24. The highest BCUT2D eigenvalue weighted by molar-refractivity contribution is 7.91. The van der Waals surface area contributed by atoms with Crippen molar-refractivity contribution >= 4 is 39.4 Å². The fourth-order valence-corrected chi connectivity index (χ4v) is 5.58. The molecule has 3 rings (SSSR count). The van der Waals surface area contributed by atoms with E-state index in [0.29, 0.717) is 18.0 Å². The molecule has 1 aromatic carbocycles. The highest BCUT2D eigenvalue weighted by atomic mass is 35.5. The molecule has 0 bridgehead atoms. The van der Waals surface area contributed by atoms with Crippen LogP contribution in [-0.4, -0.2) is 66.2 Å². The normalized spacial score (nSPS) is 17.6. The summed E-state index contributed by atoms with van der Waals surface area (Å²) in [6.07, 6.45) is 3.26. The van der Waals surface area contributed by atoms with Gasteiger partial charge in [-0.05, 0) is 38.0 Å². The van der Waals surface area contributed by atoms with E-state index in [2.05, 4.69) is 5.10 Å². The number of benzene rings is 1. The third-order valence-corrected chi connectivity index (χ3v) is 7.71. The van der Waals surface area contributed by atoms with E-state index in [1.54, 1.807) is 6.08 Å². The van der Waals surface area contributed by atoms with Crippen molar-refractivity contribution in [3.63, 3.8) is 0 Å². The number of ether oxygens (including phenoxy) is 1. The van der Waals surface area contributed by atoms with Crippen LogP contribution in [0.15, 0.2) is 30.3 Å². The predicted octanol–water partition coefficient (Wildman–Crippen LogP) is 2.40. The molecule has 2 aromatic rings. The third-order valence-electron chi connectivity index (χ3n) is 5.59. The number of amides is 1. The van der Waals surface area contributed by atoms with Crippen molar-refractivity contribution < 1.29 is 22.7 Å². The number of likely N-dealkylation sites (N-methyl/N-ethyl adjacent to an activating group) is 1. The van der Waals surface area contributed by atoms with Gasteiger partial charge in [-0.1, -0.05) is 29.8 Å². The first-order valence-electron chi connectivity index (χ1n) is 10.2. The maximum Gasteiger partial charge on any atom is 0.331 e. The second kappa shape index (κ2) is 9.87. The lowest BCUT2D eigenvalue weighted by atomic mass is 10.1. The summed E-state index contributed by atoms with van der Waals surface area (Å²) in [6.45, 7) is 3.80. The van der Waals surface area contributed by atoms with Crippen molar-refractivity contribution in [3.05, 3.63) is 57.9 Å². The van der Waals surface area contributed by atoms with E-state index in [0.717, 1.165) is 22.5 Å². The molecule has 0 saturated carbocycles. The van der Waals surface area contributed by atoms with Gasteiger partial charge in [0.1, 0.15) is 0 Å². The Labute approximate surface area is 192 Å². The van der Waals surface area contributed by atoms with Crippen LogP contribution in [0.2, 0.25) is 5.02 Å². The molecule has 1 unspecified atom stereocenters. The van der Waals surface area contributed by atoms with Crippen LogP contribution in [0.3, 0.4) is 0 Å². The number of esters is 1. The van der Waals surface area contributed by atoms with Crippen LogP contribution in [0.5, 0.6) is 0 Å². The molecule has 1 aliphatic heterocycles. The van der Waals surface area contributed by atoms with Gasteiger partial charge in [0.15, 0.2) is 16.4 Å². The summed E-state index contributed by atoms with van der Waals surface area (Å²) in [5.74, 6) is -1.09. The van der Waals surface area contributed by atoms with Crippen LogP contribution in [0.1, 0.15) is 28.9 Å². The van der Waals surface area contributed by atoms with Gasteiger partial charge in [0.2, 0.25) is 0 Å². The van der Waals surface area contributed by atoms with Crippen LogP contribution in [-0.2, 0) is 30.7 Å². The maximum atomic E-state index is 12.2. The van der Waals surface area contributed by atoms with Gasteiger partial charge in [0, 0.05) is 35.4 Å². The minimum absolute atomic E-state index is 0.0557. The van der Waals surface area contributed by atoms with E-state index in [1.165, 1.54) is 18.0 Å². The average molecular weight is 480 g/mol. The number of halogens is 1. The molecule has 32 heavy (non-hydrogen) atoms. The summed E-state index contributed by atoms with van der Waals surface area (Å²) in [5.41, 5.74) is 3.34. The van der Waals surface area contributed by atoms with Gasteiger partial charge in [-0.3, -0.25) is 9.48 Å². The maximum absolute atomic E-state index is 12.2. The lowest BCUT2D eigenvalue weighted by molar-refractivity contribution is -0.148. The lowest BCUT2D eigenvalue weighted by Gasteiger charge is -2.22. The molecule has 2 heterocycles. The number of rotatable bonds is 7. The van der Waals surface area contributed by atoms with Gasteiger partial charge >= 0.3 is 5.97 Å². The van der Waals surface area contributed by atoms with Crippen LogP contribution in [0, 0.1) is 13.8 Å². The Kier molecular flexibility index (Phi) is 7.40. The Morgan fingerprint density at radius 3 is 2.69 bits per heavy atom. The molecular formula is C22H26ClN3O5S. The topological polar surface area (TPSA) is 98.6 Å². The van der Waals surface area contributed by atoms with Crippen molar-refractivity contribution in [2.45, 2.75) is 32.9 Å². The number of aryl methyl sites for hydroxylation is 1. The lowest BCUT2D eigenvalue weighted by Crippen LogP contribution is -2.40. The van der Waals surface area contributed by atoms with Crippen LogP contribution in [0.25, 0.3) is 6.08 Å². The van der Waals surface area contributed by atoms with Gasteiger partial charge in [0.05, 0.1) is 23.7 Å². The van der Waals surface area contributed by atoms with E-state index < -0.39 is 28.3 Å². The molecule has 0 radical (unpaired) electrons. The molecule has 172 valence electrons. The molecule has 10 heteroatoms. The summed E-state index contributed by atoms with van der Waals surface area (Å²) < 4.78 is 30.0. The van der Waals surface area contributed by atoms with Crippen molar-refractivity contribution in [3.8, 4) is 0 Å². The first-order valence-corrected chi connectivity index (χ1v) is 12.4. The largest absolute Gasteiger partial charge is 0.452 e. The molecule has 1 aliphatic rings. The fourth-order valence-electron chi connectivity index (χ4n) is 3.61. The standard InChI is InChI=1S/C22H26ClN3O5S/c1-15-19(16(2)26(24-15)12-17-6-4-5-7-20(17)23)8-9-22(28)31-13-21(27)25(3)18-10-11-32(29,30)14-18/h4-9,18H,10-14H2,1-3H3/b9-8+. The smallest absolute Gasteiger partial charge is 0.331 e. The van der Waals surface area contributed by atoms with Crippen LogP contribution >= 0.6 is 11.6 Å². The molecule has 0 N–H and O–H groups in total. The number of nitrogens with zero attached hydrogens (tertiary/aromatic N) is 3. The quantitative estimate of drug-likeness (QED) is 0.446. The minimum atomic E-state index is -3.10. The van der Waals surface area contributed by atoms with Gasteiger partial charge in [-0.25, -0.2) is 13.2 Å². The zero-order valence-corrected chi connectivity index (χ0v) is 19.8. The van der Waals surface area contributed by atoms with E-state index in [1.807, 2.05) is 42.8 Å². The zero-order chi connectivity index (χ0) is 23.5. The highest BCUT2D eigenvalue weighted by Crippen LogP contribution is 2.20. The Morgan fingerprint density at radius 2 is 2.03 bits per heavy atom.